The summed E-state index contributed by atoms with van der Waals surface area (Å²) in [5, 5.41) is 23.5. The summed E-state index contributed by atoms with van der Waals surface area (Å²) in [6, 6.07) is 34.3. The fourth-order valence-corrected chi connectivity index (χ4v) is 9.47. The fraction of sp³-hybridized carbons (Fsp3) is 0.345. The van der Waals surface area contributed by atoms with Crippen molar-refractivity contribution in [2.24, 2.45) is 0 Å². The fourth-order valence-electron chi connectivity index (χ4n) is 9.47. The molecule has 8 N–H and O–H groups in total. The van der Waals surface area contributed by atoms with Gasteiger partial charge in [-0.15, -0.1) is 0 Å². The van der Waals surface area contributed by atoms with Crippen LogP contribution < -0.4 is 42.5 Å². The summed E-state index contributed by atoms with van der Waals surface area (Å²) in [5.74, 6) is -3.93. The van der Waals surface area contributed by atoms with Crippen LogP contribution in [-0.4, -0.2) is 120 Å². The van der Waals surface area contributed by atoms with Crippen LogP contribution in [0.4, 0.5) is 0 Å². The van der Waals surface area contributed by atoms with Gasteiger partial charge >= 0.3 is 0 Å². The zero-order chi connectivity index (χ0) is 54.5. The van der Waals surface area contributed by atoms with Gasteiger partial charge in [0.15, 0.2) is 0 Å². The Morgan fingerprint density at radius 1 is 0.434 bits per heavy atom. The van der Waals surface area contributed by atoms with E-state index in [1.165, 1.54) is 28.0 Å². The van der Waals surface area contributed by atoms with Crippen LogP contribution in [0, 0.1) is 0 Å². The first-order chi connectivity index (χ1) is 36.6. The number of benzene rings is 5. The van der Waals surface area contributed by atoms with Crippen molar-refractivity contribution in [3.8, 4) is 0 Å². The third-order valence-corrected chi connectivity index (χ3v) is 14.1. The van der Waals surface area contributed by atoms with E-state index < -0.39 is 108 Å². The maximum atomic E-state index is 14.7. The molecule has 2 fully saturated rings. The normalized spacial score (nSPS) is 19.4. The number of hydrogen-bond acceptors (Lipinski definition) is 10. The van der Waals surface area contributed by atoms with Crippen LogP contribution in [0.3, 0.4) is 0 Å². The molecule has 2 aliphatic rings. The van der Waals surface area contributed by atoms with E-state index >= 15 is 0 Å². The predicted octanol–water partition coefficient (Wildman–Crippen LogP) is 3.77. The minimum absolute atomic E-state index is 0.0481. The lowest BCUT2D eigenvalue weighted by Crippen LogP contribution is -2.52. The molecular weight excluding hydrogens is 965 g/mol. The third-order valence-electron chi connectivity index (χ3n) is 14.1. The molecule has 0 bridgehead atoms. The molecule has 0 aromatic heterocycles. The van der Waals surface area contributed by atoms with Gasteiger partial charge in [-0.2, -0.15) is 0 Å². The number of hydrogen-bond donors (Lipinski definition) is 8. The van der Waals surface area contributed by atoms with Gasteiger partial charge in [0.25, 0.3) is 23.6 Å². The summed E-state index contributed by atoms with van der Waals surface area (Å²) in [6.07, 6.45) is 0.0962. The topological polar surface area (TPSA) is 239 Å². The van der Waals surface area contributed by atoms with Gasteiger partial charge < -0.3 is 52.3 Å². The van der Waals surface area contributed by atoms with Crippen molar-refractivity contribution >= 4 is 47.3 Å². The Morgan fingerprint density at radius 2 is 0.763 bits per heavy atom. The van der Waals surface area contributed by atoms with Gasteiger partial charge in [-0.3, -0.25) is 38.4 Å². The summed E-state index contributed by atoms with van der Waals surface area (Å²) < 4.78 is 0. The third kappa shape index (κ3) is 13.7. The average molecular weight is 1030 g/mol. The second kappa shape index (κ2) is 25.8. The first kappa shape index (κ1) is 55.5. The molecule has 2 aliphatic heterocycles. The van der Waals surface area contributed by atoms with Crippen LogP contribution in [-0.2, 0) is 28.8 Å². The Labute approximate surface area is 443 Å². The summed E-state index contributed by atoms with van der Waals surface area (Å²) in [6.45, 7) is 6.87. The number of likely N-dealkylation sites (tertiary alicyclic amines) is 2. The number of nitrogens with one attached hydrogen (secondary N) is 8. The highest BCUT2D eigenvalue weighted by atomic mass is 16.2. The highest BCUT2D eigenvalue weighted by molar-refractivity contribution is 6.01. The largest absolute Gasteiger partial charge is 0.348 e. The molecule has 0 spiro atoms. The van der Waals surface area contributed by atoms with E-state index in [9.17, 15) is 38.4 Å². The molecule has 5 aromatic rings. The van der Waals surface area contributed by atoms with Gasteiger partial charge in [-0.05, 0) is 95.1 Å². The molecule has 0 saturated carbocycles. The number of rotatable bonds is 20. The summed E-state index contributed by atoms with van der Waals surface area (Å²) in [4.78, 5) is 116. The number of likely N-dealkylation sites (N-methyl/N-ethyl adjacent to an activating group) is 2. The van der Waals surface area contributed by atoms with Crippen LogP contribution in [0.25, 0.3) is 0 Å². The van der Waals surface area contributed by atoms with Crippen molar-refractivity contribution in [3.63, 3.8) is 0 Å². The molecule has 398 valence electrons. The van der Waals surface area contributed by atoms with E-state index in [0.29, 0.717) is 11.1 Å². The van der Waals surface area contributed by atoms with Crippen molar-refractivity contribution < 1.29 is 38.4 Å². The zero-order valence-corrected chi connectivity index (χ0v) is 43.6. The molecule has 18 nitrogen and oxygen atoms in total. The Balaban J connectivity index is 1.09. The van der Waals surface area contributed by atoms with Crippen LogP contribution in [0.2, 0.25) is 0 Å². The molecule has 7 rings (SSSR count). The van der Waals surface area contributed by atoms with Gasteiger partial charge in [0.2, 0.25) is 23.6 Å². The van der Waals surface area contributed by atoms with Gasteiger partial charge in [0.1, 0.15) is 24.2 Å². The highest BCUT2D eigenvalue weighted by Gasteiger charge is 2.45. The lowest BCUT2D eigenvalue weighted by atomic mass is 10.0. The number of carbonyl (C=O) groups is 8. The first-order valence-corrected chi connectivity index (χ1v) is 25.6. The maximum Gasteiger partial charge on any atom is 0.251 e. The average Bonchev–Trinajstić information content (AvgIpc) is 4.08. The molecule has 2 saturated heterocycles. The quantitative estimate of drug-likeness (QED) is 0.0562. The zero-order valence-electron chi connectivity index (χ0n) is 43.6. The molecule has 5 aromatic carbocycles. The predicted molar refractivity (Wildman–Crippen MR) is 287 cm³/mol. The maximum absolute atomic E-state index is 14.7. The highest BCUT2D eigenvalue weighted by Crippen LogP contribution is 2.28. The van der Waals surface area contributed by atoms with E-state index in [1.807, 2.05) is 74.5 Å². The van der Waals surface area contributed by atoms with Crippen molar-refractivity contribution in [3.05, 3.63) is 179 Å². The summed E-state index contributed by atoms with van der Waals surface area (Å²) in [5.41, 5.74) is 2.97. The van der Waals surface area contributed by atoms with Crippen LogP contribution in [0.1, 0.15) is 108 Å². The van der Waals surface area contributed by atoms with Crippen molar-refractivity contribution in [2.75, 3.05) is 27.2 Å². The molecule has 8 amide bonds. The van der Waals surface area contributed by atoms with E-state index in [4.69, 9.17) is 0 Å². The van der Waals surface area contributed by atoms with Gasteiger partial charge in [-0.1, -0.05) is 127 Å². The van der Waals surface area contributed by atoms with Gasteiger partial charge in [0, 0.05) is 36.3 Å². The van der Waals surface area contributed by atoms with E-state index in [2.05, 4.69) is 42.5 Å². The lowest BCUT2D eigenvalue weighted by molar-refractivity contribution is -0.142. The number of nitrogens with zero attached hydrogens (tertiary/aromatic N) is 2. The first-order valence-electron chi connectivity index (χ1n) is 25.6. The van der Waals surface area contributed by atoms with Crippen LogP contribution in [0.5, 0.6) is 0 Å². The van der Waals surface area contributed by atoms with Gasteiger partial charge in [-0.25, -0.2) is 0 Å². The number of amides is 8. The van der Waals surface area contributed by atoms with E-state index in [0.717, 1.165) is 11.1 Å². The SMILES string of the molecule is CN[C@@H](C)C(=O)N[C@H](C(=O)N1C[C@@H](NC(=O)c2cccc(C(=O)N[C@H]3C[C@@H](C(=O)N[C@H](C)c4ccccc4)N(C(=O)[C@@H](NC(=O)[C@H](C)NC)c4ccccc4)C3)c2)C[C@H]1C(=O)N[C@H](C)c1ccccc1)c1ccccc1. The molecule has 76 heavy (non-hydrogen) atoms. The standard InChI is InChI=1S/C58H68N10O8/c1-35(39-20-11-7-12-21-39)61-55(73)47-31-45(33-67(47)57(75)49(41-24-15-9-16-25-41)65-51(69)37(3)59-5)63-53(71)43-28-19-29-44(30-43)54(72)64-46-32-48(56(74)62-36(2)40-22-13-8-14-23-40)68(34-46)58(76)50(42-26-17-10-18-27-42)66-52(70)38(4)60-6/h7-30,35-38,45-50,59-60H,31-34H2,1-6H3,(H,61,73)(H,62,74)(H,63,71)(H,64,72)(H,65,69)(H,66,70)/t35-,36-,37+,38+,45+,46+,47+,48+,49+,50+/m1/s1. The van der Waals surface area contributed by atoms with Crippen LogP contribution in [0.15, 0.2) is 146 Å². The Bertz CT molecular complexity index is 2650. The van der Waals surface area contributed by atoms with Crippen molar-refractivity contribution in [1.82, 2.24) is 52.3 Å². The van der Waals surface area contributed by atoms with Gasteiger partial charge in [0.05, 0.1) is 24.2 Å². The molecule has 0 aliphatic carbocycles. The molecule has 18 heteroatoms. The van der Waals surface area contributed by atoms with E-state index in [1.54, 1.807) is 94.7 Å². The second-order valence-electron chi connectivity index (χ2n) is 19.4. The van der Waals surface area contributed by atoms with Crippen LogP contribution >= 0.6 is 0 Å². The minimum atomic E-state index is -1.15. The smallest absolute Gasteiger partial charge is 0.251 e. The molecule has 2 heterocycles. The molecule has 10 atom stereocenters. The van der Waals surface area contributed by atoms with Crippen molar-refractivity contribution in [1.29, 1.82) is 0 Å². The Hall–Kier alpha value is -8.22. The Morgan fingerprint density at radius 3 is 1.09 bits per heavy atom. The second-order valence-corrected chi connectivity index (χ2v) is 19.4. The number of carbonyl (C=O) groups excluding carboxylic acids is 8. The Kier molecular flexibility index (Phi) is 18.9. The molecule has 0 unspecified atom stereocenters. The molecular formula is C58H68N10O8. The minimum Gasteiger partial charge on any atom is -0.348 e. The lowest BCUT2D eigenvalue weighted by Gasteiger charge is -2.30. The summed E-state index contributed by atoms with van der Waals surface area (Å²) >= 11 is 0. The van der Waals surface area contributed by atoms with E-state index in [-0.39, 0.29) is 37.1 Å². The monoisotopic (exact) mass is 1030 g/mol. The van der Waals surface area contributed by atoms with Crippen molar-refractivity contribution in [2.45, 2.75) is 101 Å². The summed E-state index contributed by atoms with van der Waals surface area (Å²) in [7, 11) is 3.26. The molecule has 0 radical (unpaired) electrons.